The molecule has 0 saturated heterocycles. The number of nitrogens with two attached hydrogens (primary N) is 1. The van der Waals surface area contributed by atoms with Gasteiger partial charge in [0.25, 0.3) is 0 Å². The molecule has 0 aliphatic heterocycles. The third kappa shape index (κ3) is 6.22. The quantitative estimate of drug-likeness (QED) is 0.406. The molecule has 1 fully saturated rings. The van der Waals surface area contributed by atoms with Crippen LogP contribution in [0.1, 0.15) is 58.2 Å². The van der Waals surface area contributed by atoms with Gasteiger partial charge in [0, 0.05) is 32.1 Å². The predicted octanol–water partition coefficient (Wildman–Crippen LogP) is 3.05. The topological polar surface area (TPSA) is 119 Å². The first kappa shape index (κ1) is 23.1. The highest BCUT2D eigenvalue weighted by atomic mass is 16.5. The second kappa shape index (κ2) is 11.7. The van der Waals surface area contributed by atoms with Crippen LogP contribution in [0.3, 0.4) is 0 Å². The van der Waals surface area contributed by atoms with E-state index in [1.807, 2.05) is 0 Å². The maximum absolute atomic E-state index is 12.0. The maximum Gasteiger partial charge on any atom is 0.315 e. The Balaban J connectivity index is 1.51. The number of fused-ring (bicyclic) bond motifs is 1. The molecular formula is C22H37N7O2. The first-order chi connectivity index (χ1) is 15.1. The summed E-state index contributed by atoms with van der Waals surface area (Å²) in [4.78, 5) is 21.0. The third-order valence-corrected chi connectivity index (χ3v) is 5.65. The minimum atomic E-state index is -0.0976. The number of amides is 2. The van der Waals surface area contributed by atoms with Crippen molar-refractivity contribution >= 4 is 28.6 Å². The minimum absolute atomic E-state index is 0.0976. The molecule has 2 aromatic rings. The zero-order valence-electron chi connectivity index (χ0n) is 18.9. The number of urea groups is 1. The summed E-state index contributed by atoms with van der Waals surface area (Å²) >= 11 is 0. The van der Waals surface area contributed by atoms with Crippen LogP contribution >= 0.6 is 0 Å². The number of rotatable bonds is 11. The monoisotopic (exact) mass is 431 g/mol. The number of aromatic nitrogens is 3. The standard InChI is InChI=1S/C22H37N7O2/c1-3-8-18-28-19-20(17(24-4-2)15-26-21(19)23)29(18)12-14-31-13-11-25-22(30)27-16-9-6-5-7-10-16/h15-16,24H,3-14H2,1-2H3,(H2,23,26)(H2,25,27,30). The first-order valence-electron chi connectivity index (χ1n) is 11.6. The summed E-state index contributed by atoms with van der Waals surface area (Å²) in [6.45, 7) is 7.14. The smallest absolute Gasteiger partial charge is 0.315 e. The molecule has 2 amide bonds. The number of imidazole rings is 1. The van der Waals surface area contributed by atoms with Crippen LogP contribution in [0.5, 0.6) is 0 Å². The Bertz CT molecular complexity index is 846. The SMILES string of the molecule is CCCc1nc2c(N)ncc(NCC)c2n1CCOCCNC(=O)NC1CCCCC1. The number of hydrogen-bond acceptors (Lipinski definition) is 6. The van der Waals surface area contributed by atoms with Gasteiger partial charge in [0.1, 0.15) is 11.3 Å². The number of nitrogens with zero attached hydrogens (tertiary/aromatic N) is 3. The second-order valence-electron chi connectivity index (χ2n) is 8.06. The lowest BCUT2D eigenvalue weighted by atomic mass is 9.96. The van der Waals surface area contributed by atoms with E-state index in [2.05, 4.69) is 39.3 Å². The lowest BCUT2D eigenvalue weighted by Crippen LogP contribution is -2.43. The Morgan fingerprint density at radius 2 is 2.06 bits per heavy atom. The Kier molecular flexibility index (Phi) is 8.75. The van der Waals surface area contributed by atoms with Crippen molar-refractivity contribution in [3.63, 3.8) is 0 Å². The molecule has 2 aromatic heterocycles. The van der Waals surface area contributed by atoms with E-state index in [0.717, 1.165) is 54.8 Å². The van der Waals surface area contributed by atoms with Crippen molar-refractivity contribution in [2.24, 2.45) is 0 Å². The fourth-order valence-corrected chi connectivity index (χ4v) is 4.16. The van der Waals surface area contributed by atoms with Crippen LogP contribution in [-0.4, -0.2) is 52.9 Å². The van der Waals surface area contributed by atoms with Crippen molar-refractivity contribution in [2.45, 2.75) is 71.4 Å². The molecule has 5 N–H and O–H groups in total. The van der Waals surface area contributed by atoms with E-state index in [1.54, 1.807) is 6.20 Å². The van der Waals surface area contributed by atoms with Gasteiger partial charge in [0.15, 0.2) is 5.82 Å². The van der Waals surface area contributed by atoms with E-state index >= 15 is 0 Å². The van der Waals surface area contributed by atoms with Crippen LogP contribution in [0.15, 0.2) is 6.20 Å². The molecule has 2 heterocycles. The summed E-state index contributed by atoms with van der Waals surface area (Å²) in [6.07, 6.45) is 9.47. The largest absolute Gasteiger partial charge is 0.382 e. The molecule has 1 aliphatic rings. The summed E-state index contributed by atoms with van der Waals surface area (Å²) < 4.78 is 7.98. The van der Waals surface area contributed by atoms with E-state index < -0.39 is 0 Å². The fraction of sp³-hybridized carbons (Fsp3) is 0.682. The Morgan fingerprint density at radius 3 is 2.81 bits per heavy atom. The zero-order valence-corrected chi connectivity index (χ0v) is 18.9. The number of aryl methyl sites for hydroxylation is 1. The third-order valence-electron chi connectivity index (χ3n) is 5.65. The molecule has 0 radical (unpaired) electrons. The zero-order chi connectivity index (χ0) is 22.1. The predicted molar refractivity (Wildman–Crippen MR) is 124 cm³/mol. The molecular weight excluding hydrogens is 394 g/mol. The van der Waals surface area contributed by atoms with Crippen LogP contribution in [-0.2, 0) is 17.7 Å². The highest BCUT2D eigenvalue weighted by molar-refractivity contribution is 5.94. The van der Waals surface area contributed by atoms with E-state index in [-0.39, 0.29) is 6.03 Å². The molecule has 9 heteroatoms. The number of carbonyl (C=O) groups is 1. The lowest BCUT2D eigenvalue weighted by molar-refractivity contribution is 0.128. The number of pyridine rings is 1. The van der Waals surface area contributed by atoms with Crippen LogP contribution < -0.4 is 21.7 Å². The molecule has 172 valence electrons. The van der Waals surface area contributed by atoms with Gasteiger partial charge in [-0.25, -0.2) is 14.8 Å². The van der Waals surface area contributed by atoms with E-state index in [1.165, 1.54) is 19.3 Å². The Morgan fingerprint density at radius 1 is 1.26 bits per heavy atom. The summed E-state index contributed by atoms with van der Waals surface area (Å²) in [6, 6.07) is 0.216. The molecule has 3 rings (SSSR count). The molecule has 0 spiro atoms. The average Bonchev–Trinajstić information content (AvgIpc) is 3.13. The maximum atomic E-state index is 12.0. The number of carbonyl (C=O) groups excluding carboxylic acids is 1. The van der Waals surface area contributed by atoms with Crippen molar-refractivity contribution in [3.05, 3.63) is 12.0 Å². The van der Waals surface area contributed by atoms with Gasteiger partial charge in [0.2, 0.25) is 0 Å². The molecule has 0 bridgehead atoms. The molecule has 31 heavy (non-hydrogen) atoms. The van der Waals surface area contributed by atoms with Gasteiger partial charge in [0.05, 0.1) is 30.6 Å². The van der Waals surface area contributed by atoms with Gasteiger partial charge >= 0.3 is 6.03 Å². The minimum Gasteiger partial charge on any atom is -0.382 e. The molecule has 0 aromatic carbocycles. The summed E-state index contributed by atoms with van der Waals surface area (Å²) in [5.41, 5.74) is 8.75. The van der Waals surface area contributed by atoms with Crippen LogP contribution in [0.2, 0.25) is 0 Å². The van der Waals surface area contributed by atoms with Gasteiger partial charge in [-0.15, -0.1) is 0 Å². The number of nitrogen functional groups attached to an aromatic ring is 1. The molecule has 1 saturated carbocycles. The lowest BCUT2D eigenvalue weighted by Gasteiger charge is -2.22. The van der Waals surface area contributed by atoms with Gasteiger partial charge in [-0.1, -0.05) is 26.2 Å². The first-order valence-corrected chi connectivity index (χ1v) is 11.6. The fourth-order valence-electron chi connectivity index (χ4n) is 4.16. The summed E-state index contributed by atoms with van der Waals surface area (Å²) in [5, 5.41) is 9.30. The van der Waals surface area contributed by atoms with E-state index in [4.69, 9.17) is 15.5 Å². The van der Waals surface area contributed by atoms with Gasteiger partial charge < -0.3 is 31.0 Å². The highest BCUT2D eigenvalue weighted by Gasteiger charge is 2.17. The normalized spacial score (nSPS) is 14.6. The molecule has 9 nitrogen and oxygen atoms in total. The number of ether oxygens (including phenoxy) is 1. The van der Waals surface area contributed by atoms with Crippen molar-refractivity contribution in [2.75, 3.05) is 37.4 Å². The number of anilines is 2. The van der Waals surface area contributed by atoms with Crippen molar-refractivity contribution in [1.82, 2.24) is 25.2 Å². The molecule has 0 atom stereocenters. The van der Waals surface area contributed by atoms with Crippen molar-refractivity contribution in [1.29, 1.82) is 0 Å². The number of hydrogen-bond donors (Lipinski definition) is 4. The second-order valence-corrected chi connectivity index (χ2v) is 8.06. The number of nitrogens with one attached hydrogen (secondary N) is 3. The molecule has 0 unspecified atom stereocenters. The van der Waals surface area contributed by atoms with Crippen molar-refractivity contribution < 1.29 is 9.53 Å². The Labute approximate surface area is 184 Å². The molecule has 1 aliphatic carbocycles. The van der Waals surface area contributed by atoms with Gasteiger partial charge in [-0.2, -0.15) is 0 Å². The Hall–Kier alpha value is -2.55. The van der Waals surface area contributed by atoms with E-state index in [9.17, 15) is 4.79 Å². The van der Waals surface area contributed by atoms with E-state index in [0.29, 0.717) is 38.2 Å². The van der Waals surface area contributed by atoms with Crippen molar-refractivity contribution in [3.8, 4) is 0 Å². The van der Waals surface area contributed by atoms with Crippen LogP contribution in [0.25, 0.3) is 11.0 Å². The van der Waals surface area contributed by atoms with Gasteiger partial charge in [-0.3, -0.25) is 0 Å². The van der Waals surface area contributed by atoms with Gasteiger partial charge in [-0.05, 0) is 26.2 Å². The van der Waals surface area contributed by atoms with Crippen LogP contribution in [0.4, 0.5) is 16.3 Å². The average molecular weight is 432 g/mol. The summed E-state index contributed by atoms with van der Waals surface area (Å²) in [5.74, 6) is 1.44. The van der Waals surface area contributed by atoms with Crippen LogP contribution in [0, 0.1) is 0 Å². The summed E-state index contributed by atoms with van der Waals surface area (Å²) in [7, 11) is 0. The highest BCUT2D eigenvalue weighted by Crippen LogP contribution is 2.28.